The van der Waals surface area contributed by atoms with Gasteiger partial charge >= 0.3 is 5.69 Å². The summed E-state index contributed by atoms with van der Waals surface area (Å²) in [6.07, 6.45) is -1.04. The fourth-order valence-corrected chi connectivity index (χ4v) is 2.88. The number of rotatable bonds is 2. The second-order valence-corrected chi connectivity index (χ2v) is 5.67. The van der Waals surface area contributed by atoms with Gasteiger partial charge in [0, 0.05) is 6.20 Å². The van der Waals surface area contributed by atoms with Crippen molar-refractivity contribution in [3.63, 3.8) is 0 Å². The topological polar surface area (TPSA) is 133 Å². The van der Waals surface area contributed by atoms with Crippen LogP contribution in [0.4, 0.5) is 5.82 Å². The first-order chi connectivity index (χ1) is 10.3. The Bertz CT molecular complexity index is 696. The van der Waals surface area contributed by atoms with Crippen LogP contribution in [0.3, 0.4) is 0 Å². The molecular formula is C13H16N4O5. The van der Waals surface area contributed by atoms with E-state index in [9.17, 15) is 15.2 Å². The van der Waals surface area contributed by atoms with Crippen molar-refractivity contribution >= 4 is 5.82 Å². The van der Waals surface area contributed by atoms with Crippen LogP contribution in [0.1, 0.15) is 13.8 Å². The molecule has 0 spiro atoms. The number of hydrogen-bond donors (Lipinski definition) is 2. The van der Waals surface area contributed by atoms with E-state index < -0.39 is 35.5 Å². The fraction of sp³-hybridized carbons (Fsp3) is 0.615. The highest BCUT2D eigenvalue weighted by molar-refractivity contribution is 5.25. The third-order valence-corrected chi connectivity index (χ3v) is 3.74. The molecule has 2 aliphatic rings. The summed E-state index contributed by atoms with van der Waals surface area (Å²) in [6, 6.07) is 3.35. The number of aliphatic hydroxyl groups excluding tert-OH is 1. The van der Waals surface area contributed by atoms with Gasteiger partial charge in [-0.25, -0.2) is 4.79 Å². The first kappa shape index (κ1) is 14.9. The average molecular weight is 308 g/mol. The molecule has 3 heterocycles. The summed E-state index contributed by atoms with van der Waals surface area (Å²) >= 11 is 0. The van der Waals surface area contributed by atoms with Gasteiger partial charge in [-0.1, -0.05) is 0 Å². The largest absolute Gasteiger partial charge is 0.394 e. The van der Waals surface area contributed by atoms with E-state index in [0.29, 0.717) is 0 Å². The average Bonchev–Trinajstić information content (AvgIpc) is 2.91. The second kappa shape index (κ2) is 4.76. The molecule has 0 radical (unpaired) electrons. The summed E-state index contributed by atoms with van der Waals surface area (Å²) in [7, 11) is 0. The van der Waals surface area contributed by atoms with Crippen molar-refractivity contribution in [2.45, 2.75) is 43.7 Å². The zero-order valence-corrected chi connectivity index (χ0v) is 12.1. The molecule has 0 amide bonds. The van der Waals surface area contributed by atoms with Crippen LogP contribution in [0.2, 0.25) is 0 Å². The molecular weight excluding hydrogens is 292 g/mol. The van der Waals surface area contributed by atoms with Crippen molar-refractivity contribution in [1.29, 1.82) is 5.26 Å². The summed E-state index contributed by atoms with van der Waals surface area (Å²) in [5.74, 6) is -0.925. The van der Waals surface area contributed by atoms with E-state index in [1.807, 2.05) is 6.07 Å². The van der Waals surface area contributed by atoms with Gasteiger partial charge in [0.25, 0.3) is 5.72 Å². The SMILES string of the molecule is CC1(C)O[C@H]2[C@@H](O1)[C@](C#N)(n1ccc(N)nc1=O)O[C@@H]2CO. The van der Waals surface area contributed by atoms with Gasteiger partial charge in [-0.2, -0.15) is 10.2 Å². The smallest absolute Gasteiger partial charge is 0.352 e. The van der Waals surface area contributed by atoms with Crippen molar-refractivity contribution in [2.24, 2.45) is 0 Å². The molecule has 2 saturated heterocycles. The van der Waals surface area contributed by atoms with Crippen molar-refractivity contribution in [3.05, 3.63) is 22.7 Å². The third kappa shape index (κ3) is 2.00. The van der Waals surface area contributed by atoms with Crippen LogP contribution in [0.15, 0.2) is 17.1 Å². The molecule has 3 rings (SSSR count). The normalized spacial score (nSPS) is 36.0. The highest BCUT2D eigenvalue weighted by atomic mass is 16.8. The number of anilines is 1. The summed E-state index contributed by atoms with van der Waals surface area (Å²) in [4.78, 5) is 15.7. The van der Waals surface area contributed by atoms with Crippen LogP contribution < -0.4 is 11.4 Å². The van der Waals surface area contributed by atoms with Crippen LogP contribution >= 0.6 is 0 Å². The Morgan fingerprint density at radius 3 is 2.82 bits per heavy atom. The molecule has 1 aromatic heterocycles. The van der Waals surface area contributed by atoms with Crippen molar-refractivity contribution in [1.82, 2.24) is 9.55 Å². The molecule has 118 valence electrons. The molecule has 2 fully saturated rings. The first-order valence-electron chi connectivity index (χ1n) is 6.74. The van der Waals surface area contributed by atoms with Gasteiger partial charge < -0.3 is 25.1 Å². The van der Waals surface area contributed by atoms with E-state index in [-0.39, 0.29) is 12.4 Å². The molecule has 0 unspecified atom stereocenters. The maximum Gasteiger partial charge on any atom is 0.352 e. The number of nitrogens with zero attached hydrogens (tertiary/aromatic N) is 3. The van der Waals surface area contributed by atoms with Gasteiger partial charge in [-0.3, -0.25) is 4.57 Å². The molecule has 2 aliphatic heterocycles. The van der Waals surface area contributed by atoms with Gasteiger partial charge in [0.2, 0.25) is 0 Å². The lowest BCUT2D eigenvalue weighted by atomic mass is 10.0. The Kier molecular flexibility index (Phi) is 3.23. The Morgan fingerprint density at radius 2 is 2.23 bits per heavy atom. The van der Waals surface area contributed by atoms with Gasteiger partial charge in [0.1, 0.15) is 24.1 Å². The van der Waals surface area contributed by atoms with E-state index in [0.717, 1.165) is 4.57 Å². The zero-order valence-electron chi connectivity index (χ0n) is 12.1. The minimum Gasteiger partial charge on any atom is -0.394 e. The number of nitrogens with two attached hydrogens (primary N) is 1. The predicted molar refractivity (Wildman–Crippen MR) is 72.3 cm³/mol. The fourth-order valence-electron chi connectivity index (χ4n) is 2.88. The molecule has 0 aliphatic carbocycles. The van der Waals surface area contributed by atoms with E-state index in [4.69, 9.17) is 19.9 Å². The standard InChI is InChI=1S/C13H16N4O5/c1-12(2)21-9-7(5-18)20-13(6-14,10(9)22-12)17-4-3-8(15)16-11(17)19/h3-4,7,9-10,18H,5H2,1-2H3,(H2,15,16,19)/t7-,9-,10-,13-/m1/s1. The van der Waals surface area contributed by atoms with E-state index in [2.05, 4.69) is 4.98 Å². The second-order valence-electron chi connectivity index (χ2n) is 5.67. The molecule has 9 heteroatoms. The number of fused-ring (bicyclic) bond motifs is 1. The predicted octanol–water partition coefficient (Wildman–Crippen LogP) is -1.09. The van der Waals surface area contributed by atoms with Gasteiger partial charge in [-0.05, 0) is 19.9 Å². The van der Waals surface area contributed by atoms with Crippen LogP contribution in [-0.4, -0.2) is 45.4 Å². The molecule has 0 aromatic carbocycles. The van der Waals surface area contributed by atoms with Crippen LogP contribution in [-0.2, 0) is 19.9 Å². The lowest BCUT2D eigenvalue weighted by molar-refractivity contribution is -0.218. The number of nitrogen functional groups attached to an aromatic ring is 1. The minimum atomic E-state index is -1.77. The number of aliphatic hydroxyl groups is 1. The van der Waals surface area contributed by atoms with Gasteiger partial charge in [0.05, 0.1) is 6.61 Å². The quantitative estimate of drug-likeness (QED) is 0.704. The van der Waals surface area contributed by atoms with E-state index in [1.54, 1.807) is 13.8 Å². The van der Waals surface area contributed by atoms with Gasteiger partial charge in [0.15, 0.2) is 11.9 Å². The van der Waals surface area contributed by atoms with Gasteiger partial charge in [-0.15, -0.1) is 0 Å². The number of hydrogen-bond acceptors (Lipinski definition) is 8. The Hall–Kier alpha value is -1.99. The molecule has 9 nitrogen and oxygen atoms in total. The van der Waals surface area contributed by atoms with Crippen LogP contribution in [0, 0.1) is 11.3 Å². The Morgan fingerprint density at radius 1 is 1.50 bits per heavy atom. The molecule has 22 heavy (non-hydrogen) atoms. The number of nitriles is 1. The summed E-state index contributed by atoms with van der Waals surface area (Å²) < 4.78 is 18.1. The summed E-state index contributed by atoms with van der Waals surface area (Å²) in [5.41, 5.74) is 2.95. The highest BCUT2D eigenvalue weighted by Crippen LogP contribution is 2.45. The van der Waals surface area contributed by atoms with E-state index in [1.165, 1.54) is 12.3 Å². The summed E-state index contributed by atoms with van der Waals surface area (Å²) in [6.45, 7) is 3.00. The number of ether oxygens (including phenoxy) is 3. The molecule has 1 aromatic rings. The maximum absolute atomic E-state index is 12.1. The Balaban J connectivity index is 2.13. The van der Waals surface area contributed by atoms with Crippen molar-refractivity contribution < 1.29 is 19.3 Å². The van der Waals surface area contributed by atoms with Crippen molar-refractivity contribution in [2.75, 3.05) is 12.3 Å². The van der Waals surface area contributed by atoms with Crippen molar-refractivity contribution in [3.8, 4) is 6.07 Å². The minimum absolute atomic E-state index is 0.0338. The molecule has 4 atom stereocenters. The molecule has 0 saturated carbocycles. The number of aromatic nitrogens is 2. The third-order valence-electron chi connectivity index (χ3n) is 3.74. The van der Waals surface area contributed by atoms with Crippen LogP contribution in [0.5, 0.6) is 0 Å². The Labute approximate surface area is 125 Å². The monoisotopic (exact) mass is 308 g/mol. The highest BCUT2D eigenvalue weighted by Gasteiger charge is 2.65. The summed E-state index contributed by atoms with van der Waals surface area (Å²) in [5, 5.41) is 19.2. The molecule has 3 N–H and O–H groups in total. The maximum atomic E-state index is 12.1. The zero-order chi connectivity index (χ0) is 16.1. The van der Waals surface area contributed by atoms with E-state index >= 15 is 0 Å². The lowest BCUT2D eigenvalue weighted by Crippen LogP contribution is -2.49. The van der Waals surface area contributed by atoms with Crippen LogP contribution in [0.25, 0.3) is 0 Å². The lowest BCUT2D eigenvalue weighted by Gasteiger charge is -2.29. The molecule has 0 bridgehead atoms. The first-order valence-corrected chi connectivity index (χ1v) is 6.74.